The van der Waals surface area contributed by atoms with Crippen LogP contribution in [0.4, 0.5) is 0 Å². The Hall–Kier alpha value is -0.640. The van der Waals surface area contributed by atoms with Gasteiger partial charge in [0.15, 0.2) is 5.25 Å². The predicted octanol–water partition coefficient (Wildman–Crippen LogP) is -0.0400. The van der Waals surface area contributed by atoms with Gasteiger partial charge in [0.2, 0.25) is 10.0 Å². The van der Waals surface area contributed by atoms with Crippen LogP contribution in [0, 0.1) is 11.3 Å². The van der Waals surface area contributed by atoms with E-state index in [0.717, 1.165) is 25.8 Å². The first-order valence-corrected chi connectivity index (χ1v) is 6.72. The van der Waals surface area contributed by atoms with E-state index in [0.29, 0.717) is 12.6 Å². The van der Waals surface area contributed by atoms with Gasteiger partial charge in [-0.25, -0.2) is 13.1 Å². The van der Waals surface area contributed by atoms with E-state index in [1.165, 1.54) is 6.92 Å². The lowest BCUT2D eigenvalue weighted by Crippen LogP contribution is -2.35. The summed E-state index contributed by atoms with van der Waals surface area (Å²) < 4.78 is 25.2. The van der Waals surface area contributed by atoms with Crippen LogP contribution >= 0.6 is 0 Å². The van der Waals surface area contributed by atoms with E-state index in [2.05, 4.69) is 10.0 Å². The van der Waals surface area contributed by atoms with Crippen LogP contribution in [0.5, 0.6) is 0 Å². The van der Waals surface area contributed by atoms with Gasteiger partial charge in [-0.2, -0.15) is 5.26 Å². The minimum Gasteiger partial charge on any atom is -0.314 e. The Bertz CT molecular complexity index is 328. The highest BCUT2D eigenvalue weighted by Gasteiger charge is 2.20. The summed E-state index contributed by atoms with van der Waals surface area (Å²) in [6, 6.07) is 2.14. The molecule has 0 radical (unpaired) electrons. The molecule has 0 aromatic heterocycles. The van der Waals surface area contributed by atoms with E-state index in [4.69, 9.17) is 5.26 Å². The zero-order valence-electron chi connectivity index (χ0n) is 8.86. The summed E-state index contributed by atoms with van der Waals surface area (Å²) in [5.74, 6) is 0. The standard InChI is InChI=1S/C9H17N3O2S/c1-8(7-10)15(13,14)12-6-4-9-3-2-5-11-9/h8-9,11-12H,2-6H2,1H3/t8?,9-/m0/s1. The topological polar surface area (TPSA) is 82.0 Å². The Balaban J connectivity index is 2.27. The van der Waals surface area contributed by atoms with Crippen LogP contribution < -0.4 is 10.0 Å². The van der Waals surface area contributed by atoms with Gasteiger partial charge >= 0.3 is 0 Å². The molecule has 5 nitrogen and oxygen atoms in total. The lowest BCUT2D eigenvalue weighted by molar-refractivity contribution is 0.538. The monoisotopic (exact) mass is 231 g/mol. The van der Waals surface area contributed by atoms with Crippen molar-refractivity contribution >= 4 is 10.0 Å². The summed E-state index contributed by atoms with van der Waals surface area (Å²) in [6.07, 6.45) is 3.05. The summed E-state index contributed by atoms with van der Waals surface area (Å²) >= 11 is 0. The molecule has 2 N–H and O–H groups in total. The fourth-order valence-corrected chi connectivity index (χ4v) is 2.36. The van der Waals surface area contributed by atoms with Gasteiger partial charge in [0.25, 0.3) is 0 Å². The number of hydrogen-bond acceptors (Lipinski definition) is 4. The first-order chi connectivity index (χ1) is 7.06. The van der Waals surface area contributed by atoms with Gasteiger partial charge in [-0.15, -0.1) is 0 Å². The molecule has 1 rings (SSSR count). The van der Waals surface area contributed by atoms with Gasteiger partial charge in [-0.1, -0.05) is 0 Å². The van der Waals surface area contributed by atoms with Gasteiger partial charge in [0.1, 0.15) is 0 Å². The van der Waals surface area contributed by atoms with Crippen LogP contribution in [0.2, 0.25) is 0 Å². The second kappa shape index (κ2) is 5.45. The predicted molar refractivity (Wildman–Crippen MR) is 57.6 cm³/mol. The van der Waals surface area contributed by atoms with Gasteiger partial charge in [-0.05, 0) is 32.7 Å². The molecule has 1 fully saturated rings. The third kappa shape index (κ3) is 3.78. The molecule has 0 bridgehead atoms. The van der Waals surface area contributed by atoms with Gasteiger partial charge in [0.05, 0.1) is 6.07 Å². The van der Waals surface area contributed by atoms with E-state index < -0.39 is 15.3 Å². The van der Waals surface area contributed by atoms with Crippen molar-refractivity contribution in [3.63, 3.8) is 0 Å². The minimum absolute atomic E-state index is 0.409. The molecule has 1 heterocycles. The number of hydrogen-bond donors (Lipinski definition) is 2. The molecule has 0 saturated carbocycles. The Labute approximate surface area is 90.9 Å². The van der Waals surface area contributed by atoms with E-state index in [9.17, 15) is 8.42 Å². The first kappa shape index (κ1) is 12.4. The molecule has 6 heteroatoms. The number of sulfonamides is 1. The third-order valence-electron chi connectivity index (χ3n) is 2.61. The zero-order chi connectivity index (χ0) is 11.3. The Morgan fingerprint density at radius 3 is 2.93 bits per heavy atom. The zero-order valence-corrected chi connectivity index (χ0v) is 9.68. The fourth-order valence-electron chi connectivity index (χ4n) is 1.57. The SMILES string of the molecule is CC(C#N)S(=O)(=O)NCC[C@@H]1CCCN1. The Kier molecular flexibility index (Phi) is 4.51. The summed E-state index contributed by atoms with van der Waals surface area (Å²) in [7, 11) is -3.44. The van der Waals surface area contributed by atoms with E-state index in [1.54, 1.807) is 6.07 Å². The van der Waals surface area contributed by atoms with Crippen molar-refractivity contribution < 1.29 is 8.42 Å². The van der Waals surface area contributed by atoms with E-state index in [-0.39, 0.29) is 0 Å². The molecule has 86 valence electrons. The van der Waals surface area contributed by atoms with Crippen LogP contribution in [0.15, 0.2) is 0 Å². The maximum Gasteiger partial charge on any atom is 0.227 e. The Morgan fingerprint density at radius 1 is 1.67 bits per heavy atom. The molecule has 0 spiro atoms. The molecule has 2 atom stereocenters. The summed E-state index contributed by atoms with van der Waals surface area (Å²) in [6.45, 7) is 2.81. The van der Waals surface area contributed by atoms with Gasteiger partial charge < -0.3 is 5.32 Å². The van der Waals surface area contributed by atoms with Crippen LogP contribution in [0.1, 0.15) is 26.2 Å². The van der Waals surface area contributed by atoms with E-state index >= 15 is 0 Å². The van der Waals surface area contributed by atoms with Crippen molar-refractivity contribution in [2.45, 2.75) is 37.5 Å². The number of nitrogens with zero attached hydrogens (tertiary/aromatic N) is 1. The average Bonchev–Trinajstić information content (AvgIpc) is 2.69. The first-order valence-electron chi connectivity index (χ1n) is 5.18. The third-order valence-corrected chi connectivity index (χ3v) is 4.25. The van der Waals surface area contributed by atoms with Crippen molar-refractivity contribution in [3.05, 3.63) is 0 Å². The van der Waals surface area contributed by atoms with Crippen molar-refractivity contribution in [3.8, 4) is 6.07 Å². The molecule has 1 saturated heterocycles. The normalized spacial score (nSPS) is 23.6. The summed E-state index contributed by atoms with van der Waals surface area (Å²) in [4.78, 5) is 0. The molecule has 15 heavy (non-hydrogen) atoms. The van der Waals surface area contributed by atoms with Crippen molar-refractivity contribution in [1.29, 1.82) is 5.26 Å². The maximum absolute atomic E-state index is 11.4. The second-order valence-electron chi connectivity index (χ2n) is 3.79. The molecular weight excluding hydrogens is 214 g/mol. The number of nitrogens with one attached hydrogen (secondary N) is 2. The van der Waals surface area contributed by atoms with Crippen LogP contribution in [-0.4, -0.2) is 32.8 Å². The van der Waals surface area contributed by atoms with Crippen molar-refractivity contribution in [2.24, 2.45) is 0 Å². The number of nitriles is 1. The summed E-state index contributed by atoms with van der Waals surface area (Å²) in [5.41, 5.74) is 0. The maximum atomic E-state index is 11.4. The Morgan fingerprint density at radius 2 is 2.40 bits per heavy atom. The molecule has 1 aliphatic heterocycles. The van der Waals surface area contributed by atoms with Gasteiger partial charge in [0, 0.05) is 12.6 Å². The second-order valence-corrected chi connectivity index (χ2v) is 5.88. The fraction of sp³-hybridized carbons (Fsp3) is 0.889. The molecule has 0 aromatic rings. The van der Waals surface area contributed by atoms with E-state index in [1.807, 2.05) is 0 Å². The smallest absolute Gasteiger partial charge is 0.227 e. The molecular formula is C9H17N3O2S. The highest BCUT2D eigenvalue weighted by atomic mass is 32.2. The lowest BCUT2D eigenvalue weighted by Gasteiger charge is -2.11. The molecule has 0 amide bonds. The molecule has 1 unspecified atom stereocenters. The number of rotatable bonds is 5. The largest absolute Gasteiger partial charge is 0.314 e. The average molecular weight is 231 g/mol. The van der Waals surface area contributed by atoms with Crippen molar-refractivity contribution in [2.75, 3.05) is 13.1 Å². The lowest BCUT2D eigenvalue weighted by atomic mass is 10.2. The highest BCUT2D eigenvalue weighted by Crippen LogP contribution is 2.08. The molecule has 0 aromatic carbocycles. The summed E-state index contributed by atoms with van der Waals surface area (Å²) in [5, 5.41) is 10.8. The van der Waals surface area contributed by atoms with Crippen LogP contribution in [0.25, 0.3) is 0 Å². The quantitative estimate of drug-likeness (QED) is 0.695. The highest BCUT2D eigenvalue weighted by molar-refractivity contribution is 7.90. The van der Waals surface area contributed by atoms with Crippen LogP contribution in [0.3, 0.4) is 0 Å². The van der Waals surface area contributed by atoms with Gasteiger partial charge in [-0.3, -0.25) is 0 Å². The molecule has 0 aliphatic carbocycles. The van der Waals surface area contributed by atoms with Crippen molar-refractivity contribution in [1.82, 2.24) is 10.0 Å². The minimum atomic E-state index is -3.44. The molecule has 1 aliphatic rings. The van der Waals surface area contributed by atoms with Crippen LogP contribution in [-0.2, 0) is 10.0 Å².